The van der Waals surface area contributed by atoms with E-state index in [1.165, 1.54) is 0 Å². The summed E-state index contributed by atoms with van der Waals surface area (Å²) < 4.78 is 16.3. The Morgan fingerprint density at radius 2 is 1.82 bits per heavy atom. The van der Waals surface area contributed by atoms with Crippen LogP contribution in [0.4, 0.5) is 0 Å². The molecular weight excluding hydrogens is 471 g/mol. The summed E-state index contributed by atoms with van der Waals surface area (Å²) in [5.74, 6) is 2.22. The Hall–Kier alpha value is -2.07. The van der Waals surface area contributed by atoms with Gasteiger partial charge in [0, 0.05) is 39.0 Å². The van der Waals surface area contributed by atoms with Crippen molar-refractivity contribution in [1.29, 1.82) is 0 Å². The number of ether oxygens (including phenoxy) is 3. The van der Waals surface area contributed by atoms with E-state index in [1.54, 1.807) is 20.4 Å². The van der Waals surface area contributed by atoms with Crippen LogP contribution in [0.25, 0.3) is 0 Å². The lowest BCUT2D eigenvalue weighted by Crippen LogP contribution is -2.37. The molecule has 0 aliphatic carbocycles. The second-order valence-corrected chi connectivity index (χ2v) is 5.68. The second-order valence-electron chi connectivity index (χ2n) is 5.68. The van der Waals surface area contributed by atoms with Crippen molar-refractivity contribution in [3.63, 3.8) is 0 Å². The van der Waals surface area contributed by atoms with Crippen molar-refractivity contribution in [1.82, 2.24) is 15.6 Å². The molecule has 7 nitrogen and oxygen atoms in total. The monoisotopic (exact) mass is 500 g/mol. The quantitative estimate of drug-likeness (QED) is 0.214. The first-order valence-corrected chi connectivity index (χ1v) is 9.01. The Morgan fingerprint density at radius 1 is 1.00 bits per heavy atom. The zero-order valence-electron chi connectivity index (χ0n) is 16.4. The van der Waals surface area contributed by atoms with Gasteiger partial charge in [-0.25, -0.2) is 4.98 Å². The third-order valence-electron chi connectivity index (χ3n) is 3.67. The molecule has 0 amide bonds. The fourth-order valence-electron chi connectivity index (χ4n) is 2.30. The third kappa shape index (κ3) is 9.23. The van der Waals surface area contributed by atoms with Gasteiger partial charge in [-0.2, -0.15) is 0 Å². The highest BCUT2D eigenvalue weighted by molar-refractivity contribution is 14.0. The molecule has 0 spiro atoms. The lowest BCUT2D eigenvalue weighted by Gasteiger charge is -2.14. The Balaban J connectivity index is 0.00000392. The number of guanidine groups is 1. The lowest BCUT2D eigenvalue weighted by atomic mass is 10.2. The number of methoxy groups -OCH3 is 1. The number of benzene rings is 1. The molecule has 2 rings (SSSR count). The molecule has 2 aromatic rings. The van der Waals surface area contributed by atoms with Gasteiger partial charge in [-0.05, 0) is 24.6 Å². The number of aromatic nitrogens is 1. The normalized spacial score (nSPS) is 10.7. The molecule has 0 saturated carbocycles. The molecule has 0 aliphatic rings. The smallest absolute Gasteiger partial charge is 0.218 e. The molecule has 1 heterocycles. The first kappa shape index (κ1) is 24.0. The van der Waals surface area contributed by atoms with Gasteiger partial charge in [0.2, 0.25) is 5.88 Å². The second kappa shape index (κ2) is 14.9. The molecule has 0 saturated heterocycles. The number of rotatable bonds is 11. The van der Waals surface area contributed by atoms with E-state index in [-0.39, 0.29) is 24.0 Å². The fourth-order valence-corrected chi connectivity index (χ4v) is 2.30. The van der Waals surface area contributed by atoms with Crippen LogP contribution in [0.1, 0.15) is 12.0 Å². The molecule has 8 heteroatoms. The van der Waals surface area contributed by atoms with Gasteiger partial charge in [0.05, 0.1) is 13.2 Å². The molecule has 1 aromatic heterocycles. The number of pyridine rings is 1. The van der Waals surface area contributed by atoms with Crippen molar-refractivity contribution in [3.8, 4) is 11.6 Å². The summed E-state index contributed by atoms with van der Waals surface area (Å²) in [6.45, 7) is 2.97. The van der Waals surface area contributed by atoms with E-state index < -0.39 is 0 Å². The van der Waals surface area contributed by atoms with Gasteiger partial charge in [-0.15, -0.1) is 24.0 Å². The molecule has 0 radical (unpaired) electrons. The average Bonchev–Trinajstić information content (AvgIpc) is 2.72. The summed E-state index contributed by atoms with van der Waals surface area (Å²) in [7, 11) is 3.39. The van der Waals surface area contributed by atoms with Crippen molar-refractivity contribution < 1.29 is 14.2 Å². The standard InChI is InChI=1S/C20H28N4O3.HI/c1-21-20(23-12-7-13-26-18-9-4-3-5-10-18)24-16-17-8-6-11-22-19(17)27-15-14-25-2;/h3-6,8-11H,7,12-16H2,1-2H3,(H2,21,23,24);1H. The third-order valence-corrected chi connectivity index (χ3v) is 3.67. The number of hydrogen-bond donors (Lipinski definition) is 2. The SMILES string of the molecule is CN=C(NCCCOc1ccccc1)NCc1cccnc1OCCOC.I. The number of halogens is 1. The average molecular weight is 500 g/mol. The van der Waals surface area contributed by atoms with Crippen molar-refractivity contribution >= 4 is 29.9 Å². The summed E-state index contributed by atoms with van der Waals surface area (Å²) >= 11 is 0. The maximum Gasteiger partial charge on any atom is 0.218 e. The number of hydrogen-bond acceptors (Lipinski definition) is 5. The predicted molar refractivity (Wildman–Crippen MR) is 122 cm³/mol. The molecule has 0 fully saturated rings. The molecule has 1 aromatic carbocycles. The van der Waals surface area contributed by atoms with Crippen LogP contribution in [-0.2, 0) is 11.3 Å². The lowest BCUT2D eigenvalue weighted by molar-refractivity contribution is 0.143. The van der Waals surface area contributed by atoms with Gasteiger partial charge in [0.1, 0.15) is 12.4 Å². The number of para-hydroxylation sites is 1. The van der Waals surface area contributed by atoms with E-state index in [2.05, 4.69) is 20.6 Å². The van der Waals surface area contributed by atoms with Gasteiger partial charge < -0.3 is 24.8 Å². The van der Waals surface area contributed by atoms with Crippen molar-refractivity contribution in [3.05, 3.63) is 54.2 Å². The summed E-state index contributed by atoms with van der Waals surface area (Å²) in [4.78, 5) is 8.51. The molecular formula is C20H29IN4O3. The largest absolute Gasteiger partial charge is 0.494 e. The van der Waals surface area contributed by atoms with Gasteiger partial charge >= 0.3 is 0 Å². The Bertz CT molecular complexity index is 686. The molecule has 0 aliphatic heterocycles. The van der Waals surface area contributed by atoms with Gasteiger partial charge in [-0.1, -0.05) is 24.3 Å². The Morgan fingerprint density at radius 3 is 2.57 bits per heavy atom. The Labute approximate surface area is 183 Å². The van der Waals surface area contributed by atoms with E-state index in [1.807, 2.05) is 42.5 Å². The topological polar surface area (TPSA) is 77.0 Å². The molecule has 0 unspecified atom stereocenters. The number of nitrogens with zero attached hydrogens (tertiary/aromatic N) is 2. The van der Waals surface area contributed by atoms with E-state index in [0.717, 1.165) is 30.2 Å². The van der Waals surface area contributed by atoms with Crippen LogP contribution in [0.15, 0.2) is 53.7 Å². The minimum Gasteiger partial charge on any atom is -0.494 e. The molecule has 0 atom stereocenters. The number of nitrogens with one attached hydrogen (secondary N) is 2. The fraction of sp³-hybridized carbons (Fsp3) is 0.400. The van der Waals surface area contributed by atoms with Crippen LogP contribution in [0.2, 0.25) is 0 Å². The van der Waals surface area contributed by atoms with Crippen LogP contribution in [0, 0.1) is 0 Å². The van der Waals surface area contributed by atoms with Crippen LogP contribution in [-0.4, -0.2) is 51.5 Å². The molecule has 28 heavy (non-hydrogen) atoms. The van der Waals surface area contributed by atoms with Crippen LogP contribution in [0.5, 0.6) is 11.6 Å². The first-order chi connectivity index (χ1) is 13.3. The minimum absolute atomic E-state index is 0. The van der Waals surface area contributed by atoms with Crippen molar-refractivity contribution in [2.75, 3.05) is 40.5 Å². The van der Waals surface area contributed by atoms with E-state index in [0.29, 0.717) is 32.2 Å². The Kier molecular flexibility index (Phi) is 12.8. The maximum atomic E-state index is 5.68. The van der Waals surface area contributed by atoms with Crippen LogP contribution >= 0.6 is 24.0 Å². The summed E-state index contributed by atoms with van der Waals surface area (Å²) in [5.41, 5.74) is 0.962. The summed E-state index contributed by atoms with van der Waals surface area (Å²) in [5, 5.41) is 6.55. The minimum atomic E-state index is 0. The van der Waals surface area contributed by atoms with Crippen molar-refractivity contribution in [2.45, 2.75) is 13.0 Å². The van der Waals surface area contributed by atoms with E-state index >= 15 is 0 Å². The number of aliphatic imine (C=N–C) groups is 1. The van der Waals surface area contributed by atoms with Gasteiger partial charge in [-0.3, -0.25) is 4.99 Å². The van der Waals surface area contributed by atoms with E-state index in [4.69, 9.17) is 14.2 Å². The van der Waals surface area contributed by atoms with Crippen molar-refractivity contribution in [2.24, 2.45) is 4.99 Å². The first-order valence-electron chi connectivity index (χ1n) is 9.01. The molecule has 2 N–H and O–H groups in total. The summed E-state index contributed by atoms with van der Waals surface area (Å²) in [6, 6.07) is 13.7. The zero-order valence-corrected chi connectivity index (χ0v) is 18.7. The van der Waals surface area contributed by atoms with Crippen LogP contribution < -0.4 is 20.1 Å². The highest BCUT2D eigenvalue weighted by Gasteiger charge is 2.06. The predicted octanol–water partition coefficient (Wildman–Crippen LogP) is 2.86. The van der Waals surface area contributed by atoms with Gasteiger partial charge in [0.25, 0.3) is 0 Å². The van der Waals surface area contributed by atoms with E-state index in [9.17, 15) is 0 Å². The van der Waals surface area contributed by atoms with Crippen LogP contribution in [0.3, 0.4) is 0 Å². The summed E-state index contributed by atoms with van der Waals surface area (Å²) in [6.07, 6.45) is 2.58. The van der Waals surface area contributed by atoms with Gasteiger partial charge in [0.15, 0.2) is 5.96 Å². The highest BCUT2D eigenvalue weighted by atomic mass is 127. The molecule has 0 bridgehead atoms. The zero-order chi connectivity index (χ0) is 19.2. The highest BCUT2D eigenvalue weighted by Crippen LogP contribution is 2.13. The molecule has 154 valence electrons. The maximum absolute atomic E-state index is 5.68.